The molecule has 209 valence electrons. The Labute approximate surface area is 266 Å². The second-order valence-corrected chi connectivity index (χ2v) is 12.1. The van der Waals surface area contributed by atoms with Crippen LogP contribution in [0.3, 0.4) is 0 Å². The molecule has 1 N–H and O–H groups in total. The molecule has 41 heavy (non-hydrogen) atoms. The predicted molar refractivity (Wildman–Crippen MR) is 178 cm³/mol. The topological polar surface area (TPSA) is 23.8 Å². The van der Waals surface area contributed by atoms with Gasteiger partial charge in [0.15, 0.2) is 0 Å². The first-order valence-electron chi connectivity index (χ1n) is 14.5. The molecule has 0 aliphatic heterocycles. The van der Waals surface area contributed by atoms with Gasteiger partial charge in [-0.2, -0.15) is 11.1 Å². The summed E-state index contributed by atoms with van der Waals surface area (Å²) in [6, 6.07) is 42.4. The fourth-order valence-corrected chi connectivity index (χ4v) is 5.85. The van der Waals surface area contributed by atoms with Crippen molar-refractivity contribution >= 4 is 19.9 Å². The SMILES string of the molecule is CC1=[C-]C(C)C(C)=C1C.[NH-]C1CCCC1.[Ti+2].c1ccc(-c2ccccc2)cc1.c1ccc([SiH]c2ccccc2)cc1. The van der Waals surface area contributed by atoms with Gasteiger partial charge in [0.25, 0.3) is 0 Å². The number of allylic oxidation sites excluding steroid dienone is 4. The van der Waals surface area contributed by atoms with Gasteiger partial charge in [0, 0.05) is 0 Å². The monoisotopic (exact) mass is 590 g/mol. The average molecular weight is 591 g/mol. The van der Waals surface area contributed by atoms with E-state index < -0.39 is 0 Å². The molecule has 1 saturated carbocycles. The Morgan fingerprint density at radius 2 is 0.976 bits per heavy atom. The molecule has 1 atom stereocenters. The largest absolute Gasteiger partial charge is 2.00 e. The van der Waals surface area contributed by atoms with Gasteiger partial charge in [-0.25, -0.2) is 5.57 Å². The van der Waals surface area contributed by atoms with E-state index in [4.69, 9.17) is 5.73 Å². The second kappa shape index (κ2) is 19.4. The Hall–Kier alpha value is -2.75. The van der Waals surface area contributed by atoms with Gasteiger partial charge in [0.05, 0.1) is 0 Å². The van der Waals surface area contributed by atoms with Crippen molar-refractivity contribution in [2.24, 2.45) is 5.92 Å². The molecule has 1 fully saturated rings. The quantitative estimate of drug-likeness (QED) is 0.168. The van der Waals surface area contributed by atoms with Crippen LogP contribution in [0.15, 0.2) is 138 Å². The third-order valence-electron chi connectivity index (χ3n) is 7.41. The Balaban J connectivity index is 0.000000196. The van der Waals surface area contributed by atoms with Crippen molar-refractivity contribution in [2.45, 2.75) is 59.4 Å². The number of hydrogen-bond donors (Lipinski definition) is 0. The van der Waals surface area contributed by atoms with Crippen molar-refractivity contribution in [3.8, 4) is 11.1 Å². The predicted octanol–water partition coefficient (Wildman–Crippen LogP) is 9.13. The van der Waals surface area contributed by atoms with Crippen LogP contribution in [0.1, 0.15) is 53.4 Å². The van der Waals surface area contributed by atoms with E-state index in [1.807, 2.05) is 12.1 Å². The van der Waals surface area contributed by atoms with Gasteiger partial charge < -0.3 is 5.73 Å². The first kappa shape index (κ1) is 34.5. The summed E-state index contributed by atoms with van der Waals surface area (Å²) in [5.41, 5.74) is 13.9. The number of nitrogens with one attached hydrogen (secondary N) is 1. The van der Waals surface area contributed by atoms with Crippen LogP contribution >= 0.6 is 0 Å². The van der Waals surface area contributed by atoms with Gasteiger partial charge in [-0.3, -0.25) is 6.08 Å². The minimum atomic E-state index is 0. The fraction of sp³-hybridized carbons (Fsp3) is 0.263. The second-order valence-electron chi connectivity index (χ2n) is 10.5. The van der Waals surface area contributed by atoms with E-state index in [0.717, 1.165) is 12.8 Å². The minimum Gasteiger partial charge on any atom is -0.675 e. The molecule has 0 aromatic heterocycles. The third kappa shape index (κ3) is 12.8. The summed E-state index contributed by atoms with van der Waals surface area (Å²) in [7, 11) is 0.271. The normalized spacial score (nSPS) is 15.6. The van der Waals surface area contributed by atoms with Crippen molar-refractivity contribution in [1.82, 2.24) is 0 Å². The number of hydrogen-bond acceptors (Lipinski definition) is 0. The smallest absolute Gasteiger partial charge is 0.675 e. The minimum absolute atomic E-state index is 0. The van der Waals surface area contributed by atoms with Gasteiger partial charge >= 0.3 is 21.7 Å². The van der Waals surface area contributed by atoms with Crippen LogP contribution in [0.5, 0.6) is 0 Å². The first-order chi connectivity index (χ1) is 19.4. The van der Waals surface area contributed by atoms with Gasteiger partial charge in [-0.05, 0) is 11.1 Å². The molecule has 1 nitrogen and oxygen atoms in total. The van der Waals surface area contributed by atoms with Crippen LogP contribution in [0.25, 0.3) is 16.9 Å². The molecular weight excluding hydrogens is 546 g/mol. The Morgan fingerprint density at radius 3 is 1.22 bits per heavy atom. The molecule has 4 aromatic carbocycles. The molecule has 2 aliphatic rings. The van der Waals surface area contributed by atoms with Crippen LogP contribution in [-0.2, 0) is 21.7 Å². The van der Waals surface area contributed by atoms with Crippen LogP contribution in [0, 0.1) is 12.0 Å². The molecule has 0 bridgehead atoms. The van der Waals surface area contributed by atoms with Crippen molar-refractivity contribution < 1.29 is 21.7 Å². The van der Waals surface area contributed by atoms with E-state index in [0.29, 0.717) is 12.0 Å². The third-order valence-corrected chi connectivity index (χ3v) is 8.84. The van der Waals surface area contributed by atoms with E-state index in [-0.39, 0.29) is 31.2 Å². The van der Waals surface area contributed by atoms with Crippen molar-refractivity contribution in [3.63, 3.8) is 0 Å². The summed E-state index contributed by atoms with van der Waals surface area (Å²) in [4.78, 5) is 0. The summed E-state index contributed by atoms with van der Waals surface area (Å²) in [5, 5.41) is 2.90. The molecule has 0 spiro atoms. The van der Waals surface area contributed by atoms with E-state index in [2.05, 4.69) is 143 Å². The van der Waals surface area contributed by atoms with Crippen molar-refractivity contribution in [2.75, 3.05) is 0 Å². The molecule has 1 unspecified atom stereocenters. The molecule has 2 aliphatic carbocycles. The summed E-state index contributed by atoms with van der Waals surface area (Å²) < 4.78 is 0. The molecule has 6 rings (SSSR count). The summed E-state index contributed by atoms with van der Waals surface area (Å²) in [6.45, 7) is 8.67. The van der Waals surface area contributed by atoms with Gasteiger partial charge in [0.2, 0.25) is 0 Å². The molecule has 1 radical (unpaired) electrons. The fourth-order valence-electron chi connectivity index (χ4n) is 4.64. The number of benzene rings is 4. The van der Waals surface area contributed by atoms with E-state index in [1.54, 1.807) is 0 Å². The van der Waals surface area contributed by atoms with Crippen LogP contribution in [0.2, 0.25) is 0 Å². The standard InChI is InChI=1S/C12H11Si.C12H10.C9H13.C5H10N.Ti/c1-3-7-11(8-4-1)13-12-9-5-2-6-10-12;1-3-7-11(8-4-1)12-9-5-2-6-10-12;1-6-5-7(2)9(4)8(6)3;6-5-3-1-2-4-5;/h1-10,13H;1-10H;6H,1-4H3;5-6H,1-4H2;/q;;2*-1;+2. The van der Waals surface area contributed by atoms with Crippen LogP contribution < -0.4 is 10.4 Å². The van der Waals surface area contributed by atoms with Crippen molar-refractivity contribution in [1.29, 1.82) is 0 Å². The van der Waals surface area contributed by atoms with Crippen LogP contribution in [0.4, 0.5) is 0 Å². The summed E-state index contributed by atoms with van der Waals surface area (Å²) >= 11 is 0. The van der Waals surface area contributed by atoms with Crippen molar-refractivity contribution in [3.05, 3.63) is 150 Å². The van der Waals surface area contributed by atoms with Gasteiger partial charge in [0.1, 0.15) is 9.52 Å². The zero-order valence-corrected chi connectivity index (χ0v) is 27.8. The molecule has 0 amide bonds. The summed E-state index contributed by atoms with van der Waals surface area (Å²) in [5.74, 6) is 0.560. The molecule has 0 heterocycles. The van der Waals surface area contributed by atoms with Gasteiger partial charge in [-0.15, -0.1) is 13.0 Å². The molecule has 0 saturated heterocycles. The molecule has 3 heteroatoms. The molecule has 4 aromatic rings. The Bertz CT molecular complexity index is 1220. The van der Waals surface area contributed by atoms with Crippen LogP contribution in [-0.4, -0.2) is 15.6 Å². The Kier molecular flexibility index (Phi) is 16.3. The maximum atomic E-state index is 7.13. The maximum Gasteiger partial charge on any atom is 2.00 e. The van der Waals surface area contributed by atoms with E-state index in [1.165, 1.54) is 51.1 Å². The Morgan fingerprint density at radius 1 is 0.610 bits per heavy atom. The average Bonchev–Trinajstić information content (AvgIpc) is 3.57. The maximum absolute atomic E-state index is 7.13. The zero-order valence-electron chi connectivity index (χ0n) is 25.1. The first-order valence-corrected chi connectivity index (χ1v) is 15.6. The summed E-state index contributed by atoms with van der Waals surface area (Å²) in [6.07, 6.45) is 8.26. The number of rotatable bonds is 3. The van der Waals surface area contributed by atoms with E-state index in [9.17, 15) is 0 Å². The van der Waals surface area contributed by atoms with E-state index >= 15 is 0 Å². The molecular formula is C38H44NSiTi. The van der Waals surface area contributed by atoms with Gasteiger partial charge in [-0.1, -0.05) is 184 Å². The zero-order chi connectivity index (χ0) is 28.6.